The van der Waals surface area contributed by atoms with E-state index in [4.69, 9.17) is 9.26 Å². The van der Waals surface area contributed by atoms with Crippen molar-refractivity contribution in [3.8, 4) is 0 Å². The second-order valence-electron chi connectivity index (χ2n) is 11.8. The topological polar surface area (TPSA) is 98.8 Å². The molecule has 1 aromatic carbocycles. The molecule has 222 valence electrons. The van der Waals surface area contributed by atoms with Gasteiger partial charge in [-0.2, -0.15) is 4.72 Å². The smallest absolute Gasteiger partial charge is 0.334 e. The van der Waals surface area contributed by atoms with Gasteiger partial charge in [0.2, 0.25) is 17.4 Å². The van der Waals surface area contributed by atoms with E-state index in [0.717, 1.165) is 16.7 Å². The summed E-state index contributed by atoms with van der Waals surface area (Å²) in [6.45, 7) is 19.9. The summed E-state index contributed by atoms with van der Waals surface area (Å²) >= 11 is 0. The summed E-state index contributed by atoms with van der Waals surface area (Å²) in [7, 11) is -7.91. The molecule has 0 aromatic heterocycles. The first-order chi connectivity index (χ1) is 18.1. The zero-order chi connectivity index (χ0) is 29.7. The van der Waals surface area contributed by atoms with E-state index >= 15 is 0 Å². The lowest BCUT2D eigenvalue weighted by atomic mass is 9.89. The van der Waals surface area contributed by atoms with E-state index < -0.39 is 29.1 Å². The molecule has 0 aliphatic heterocycles. The van der Waals surface area contributed by atoms with Crippen LogP contribution in [-0.2, 0) is 28.6 Å². The lowest BCUT2D eigenvalue weighted by molar-refractivity contribution is -0.138. The second-order valence-corrected chi connectivity index (χ2v) is 16.0. The van der Waals surface area contributed by atoms with Crippen LogP contribution >= 0.6 is 7.37 Å². The predicted octanol–water partition coefficient (Wildman–Crippen LogP) is 8.02. The van der Waals surface area contributed by atoms with Crippen molar-refractivity contribution in [2.24, 2.45) is 5.92 Å². The highest BCUT2D eigenvalue weighted by molar-refractivity contribution is 7.90. The summed E-state index contributed by atoms with van der Waals surface area (Å²) in [4.78, 5) is 13.1. The molecule has 0 unspecified atom stereocenters. The van der Waals surface area contributed by atoms with Gasteiger partial charge in [-0.25, -0.2) is 13.2 Å². The van der Waals surface area contributed by atoms with Crippen LogP contribution in [0.2, 0.25) is 0 Å². The Kier molecular flexibility index (Phi) is 12.1. The lowest BCUT2D eigenvalue weighted by Gasteiger charge is -2.32. The molecule has 0 saturated carbocycles. The lowest BCUT2D eigenvalue weighted by Crippen LogP contribution is -2.38. The molecule has 0 saturated heterocycles. The second kappa shape index (κ2) is 13.9. The molecular weight excluding hydrogens is 533 g/mol. The number of benzene rings is 1. The highest BCUT2D eigenvalue weighted by Crippen LogP contribution is 2.64. The molecule has 0 heterocycles. The standard InChI is InChI=1S/C30H50NO6PS/c1-11-36-30(32)24-14-13-15-27(24)38(33,37-12-2)28(16-19(3)4)31-39(34,35)29-25(21(7)8)17-23(20(5)6)18-26(29)22(9)10/h17-22,28,31H,11-16H2,1-10H3/t28-,38+/m1/s1. The summed E-state index contributed by atoms with van der Waals surface area (Å²) in [5.41, 5.74) is 2.96. The Hall–Kier alpha value is -1.47. The zero-order valence-corrected chi connectivity index (χ0v) is 27.3. The molecule has 0 bridgehead atoms. The number of hydrogen-bond donors (Lipinski definition) is 1. The van der Waals surface area contributed by atoms with Gasteiger partial charge in [0.1, 0.15) is 5.78 Å². The molecule has 2 rings (SSSR count). The summed E-state index contributed by atoms with van der Waals surface area (Å²) < 4.78 is 57.7. The molecule has 0 radical (unpaired) electrons. The van der Waals surface area contributed by atoms with Crippen molar-refractivity contribution >= 4 is 23.4 Å². The molecule has 0 fully saturated rings. The van der Waals surface area contributed by atoms with Gasteiger partial charge in [0, 0.05) is 10.9 Å². The molecule has 0 amide bonds. The van der Waals surface area contributed by atoms with Gasteiger partial charge in [0.15, 0.2) is 0 Å². The predicted molar refractivity (Wildman–Crippen MR) is 159 cm³/mol. The molecule has 1 aliphatic carbocycles. The van der Waals surface area contributed by atoms with Gasteiger partial charge >= 0.3 is 5.97 Å². The number of rotatable bonds is 14. The minimum Gasteiger partial charge on any atom is -0.463 e. The number of carbonyl (C=O) groups excluding carboxylic acids is 1. The minimum absolute atomic E-state index is 0.0250. The fourth-order valence-electron chi connectivity index (χ4n) is 5.20. The Morgan fingerprint density at radius 1 is 0.923 bits per heavy atom. The summed E-state index contributed by atoms with van der Waals surface area (Å²) in [6.07, 6.45) is 1.80. The van der Waals surface area contributed by atoms with E-state index in [1.807, 2.05) is 53.7 Å². The Morgan fingerprint density at radius 2 is 1.49 bits per heavy atom. The van der Waals surface area contributed by atoms with E-state index in [2.05, 4.69) is 18.6 Å². The molecule has 7 nitrogen and oxygen atoms in total. The largest absolute Gasteiger partial charge is 0.463 e. The third-order valence-electron chi connectivity index (χ3n) is 7.15. The number of esters is 1. The first kappa shape index (κ1) is 33.7. The van der Waals surface area contributed by atoms with E-state index in [0.29, 0.717) is 36.6 Å². The van der Waals surface area contributed by atoms with Crippen molar-refractivity contribution < 1.29 is 27.0 Å². The van der Waals surface area contributed by atoms with Crippen molar-refractivity contribution in [2.45, 2.75) is 123 Å². The van der Waals surface area contributed by atoms with Gasteiger partial charge in [0.25, 0.3) is 0 Å². The molecule has 9 heteroatoms. The van der Waals surface area contributed by atoms with Crippen LogP contribution in [-0.4, -0.2) is 33.4 Å². The third kappa shape index (κ3) is 7.84. The summed E-state index contributed by atoms with van der Waals surface area (Å²) in [6, 6.07) is 3.99. The quantitative estimate of drug-likeness (QED) is 0.176. The third-order valence-corrected chi connectivity index (χ3v) is 12.0. The van der Waals surface area contributed by atoms with Crippen LogP contribution in [0.25, 0.3) is 0 Å². The molecule has 1 aromatic rings. The van der Waals surface area contributed by atoms with E-state index in [1.165, 1.54) is 0 Å². The summed E-state index contributed by atoms with van der Waals surface area (Å²) in [5.74, 6) is -1.32. The van der Waals surface area contributed by atoms with Crippen LogP contribution in [0.4, 0.5) is 0 Å². The summed E-state index contributed by atoms with van der Waals surface area (Å²) in [5, 5.41) is 0.416. The highest BCUT2D eigenvalue weighted by atomic mass is 32.2. The minimum atomic E-state index is -4.12. The van der Waals surface area contributed by atoms with Crippen LogP contribution in [0.1, 0.15) is 129 Å². The van der Waals surface area contributed by atoms with E-state index in [-0.39, 0.29) is 41.8 Å². The molecule has 1 N–H and O–H groups in total. The molecule has 2 atom stereocenters. The zero-order valence-electron chi connectivity index (χ0n) is 25.6. The monoisotopic (exact) mass is 583 g/mol. The fourth-order valence-corrected chi connectivity index (χ4v) is 10.8. The molecular formula is C30H50NO6PS. The van der Waals surface area contributed by atoms with Crippen molar-refractivity contribution in [1.29, 1.82) is 0 Å². The van der Waals surface area contributed by atoms with Crippen LogP contribution in [0.5, 0.6) is 0 Å². The van der Waals surface area contributed by atoms with E-state index in [1.54, 1.807) is 13.8 Å². The normalized spacial score (nSPS) is 17.0. The molecule has 0 spiro atoms. The molecule has 39 heavy (non-hydrogen) atoms. The number of ether oxygens (including phenoxy) is 1. The molecule has 1 aliphatic rings. The Labute approximate surface area is 237 Å². The number of nitrogens with one attached hydrogen (secondary N) is 1. The average molecular weight is 584 g/mol. The number of allylic oxidation sites excluding steroid dienone is 1. The number of sulfonamides is 1. The van der Waals surface area contributed by atoms with Gasteiger partial charge in [-0.05, 0) is 79.9 Å². The van der Waals surface area contributed by atoms with Gasteiger partial charge < -0.3 is 9.26 Å². The first-order valence-electron chi connectivity index (χ1n) is 14.4. The van der Waals surface area contributed by atoms with Crippen LogP contribution in [0, 0.1) is 5.92 Å². The van der Waals surface area contributed by atoms with Gasteiger partial charge in [-0.1, -0.05) is 67.5 Å². The van der Waals surface area contributed by atoms with Crippen LogP contribution in [0.15, 0.2) is 27.9 Å². The van der Waals surface area contributed by atoms with Crippen molar-refractivity contribution in [2.75, 3.05) is 13.2 Å². The highest BCUT2D eigenvalue weighted by Gasteiger charge is 2.45. The SMILES string of the molecule is CCOC(=O)C1=C([P@](=O)(OCC)[C@H](CC(C)C)NS(=O)(=O)c2c(C(C)C)cc(C(C)C)cc2C(C)C)CCC1. The fraction of sp³-hybridized carbons (Fsp3) is 0.700. The Morgan fingerprint density at radius 3 is 1.92 bits per heavy atom. The maximum Gasteiger partial charge on any atom is 0.334 e. The van der Waals surface area contributed by atoms with Gasteiger partial charge in [-0.3, -0.25) is 4.57 Å². The number of carbonyl (C=O) groups is 1. The average Bonchev–Trinajstić information content (AvgIpc) is 3.33. The van der Waals surface area contributed by atoms with Gasteiger partial charge in [-0.15, -0.1) is 0 Å². The first-order valence-corrected chi connectivity index (χ1v) is 17.6. The Balaban J connectivity index is 2.78. The Bertz CT molecular complexity index is 1170. The number of hydrogen-bond acceptors (Lipinski definition) is 6. The van der Waals surface area contributed by atoms with E-state index in [9.17, 15) is 17.8 Å². The van der Waals surface area contributed by atoms with Crippen LogP contribution < -0.4 is 4.72 Å². The maximum atomic E-state index is 14.8. The van der Waals surface area contributed by atoms with Crippen molar-refractivity contribution in [3.05, 3.63) is 39.7 Å². The maximum absolute atomic E-state index is 14.8. The van der Waals surface area contributed by atoms with Crippen molar-refractivity contribution in [3.63, 3.8) is 0 Å². The van der Waals surface area contributed by atoms with Crippen LogP contribution in [0.3, 0.4) is 0 Å². The van der Waals surface area contributed by atoms with Crippen molar-refractivity contribution in [1.82, 2.24) is 4.72 Å². The van der Waals surface area contributed by atoms with Gasteiger partial charge in [0.05, 0.1) is 18.1 Å².